The van der Waals surface area contributed by atoms with Crippen molar-refractivity contribution >= 4 is 0 Å². The third-order valence-corrected chi connectivity index (χ3v) is 2.70. The number of hydrogen-bond acceptors (Lipinski definition) is 1. The van der Waals surface area contributed by atoms with Gasteiger partial charge in [0.25, 0.3) is 0 Å². The molecule has 0 aromatic carbocycles. The molecule has 3 unspecified atom stereocenters. The first-order valence-corrected chi connectivity index (χ1v) is 4.84. The highest BCUT2D eigenvalue weighted by Gasteiger charge is 2.33. The Kier molecular flexibility index (Phi) is 3.50. The molecule has 1 aliphatic rings. The van der Waals surface area contributed by atoms with E-state index in [1.54, 1.807) is 0 Å². The van der Waals surface area contributed by atoms with Crippen LogP contribution in [0.2, 0.25) is 0 Å². The monoisotopic (exact) mass is 179 g/mol. The van der Waals surface area contributed by atoms with Crippen molar-refractivity contribution in [1.29, 1.82) is 0 Å². The summed E-state index contributed by atoms with van der Waals surface area (Å²) in [5.41, 5.74) is 1.10. The van der Waals surface area contributed by atoms with Crippen molar-refractivity contribution in [2.45, 2.75) is 38.8 Å². The Morgan fingerprint density at radius 3 is 2.92 bits per heavy atom. The fourth-order valence-electron chi connectivity index (χ4n) is 1.82. The van der Waals surface area contributed by atoms with Crippen molar-refractivity contribution < 1.29 is 4.74 Å². The second kappa shape index (κ2) is 4.43. The van der Waals surface area contributed by atoms with Crippen molar-refractivity contribution in [3.05, 3.63) is 23.6 Å². The van der Waals surface area contributed by atoms with Gasteiger partial charge in [0.1, 0.15) is 0 Å². The molecule has 0 radical (unpaired) electrons. The first-order chi connectivity index (χ1) is 6.19. The van der Waals surface area contributed by atoms with Crippen LogP contribution in [0.5, 0.6) is 0 Å². The van der Waals surface area contributed by atoms with Crippen molar-refractivity contribution in [3.8, 4) is 0 Å². The van der Waals surface area contributed by atoms with Gasteiger partial charge < -0.3 is 9.58 Å². The lowest BCUT2D eigenvalue weighted by atomic mass is 9.82. The standard InChI is InChI=1S/C11H17NO/c1-5-13-11-7-8(2)10(12-4)6-9(11)3/h8,10-11H,3,5-7H2,1-2H3. The van der Waals surface area contributed by atoms with Gasteiger partial charge in [-0.15, -0.1) is 0 Å². The normalized spacial score (nSPS) is 34.2. The van der Waals surface area contributed by atoms with Gasteiger partial charge in [-0.25, -0.2) is 6.57 Å². The molecule has 1 saturated carbocycles. The summed E-state index contributed by atoms with van der Waals surface area (Å²) in [6.45, 7) is 15.9. The van der Waals surface area contributed by atoms with Crippen LogP contribution in [0.3, 0.4) is 0 Å². The summed E-state index contributed by atoms with van der Waals surface area (Å²) in [5.74, 6) is 0.444. The fraction of sp³-hybridized carbons (Fsp3) is 0.727. The molecule has 0 aromatic heterocycles. The van der Waals surface area contributed by atoms with Crippen molar-refractivity contribution in [3.63, 3.8) is 0 Å². The summed E-state index contributed by atoms with van der Waals surface area (Å²) in [4.78, 5) is 3.61. The summed E-state index contributed by atoms with van der Waals surface area (Å²) in [5, 5.41) is 0. The molecule has 0 saturated heterocycles. The highest BCUT2D eigenvalue weighted by molar-refractivity contribution is 5.12. The van der Waals surface area contributed by atoms with E-state index in [-0.39, 0.29) is 12.1 Å². The van der Waals surface area contributed by atoms with Crippen LogP contribution in [0, 0.1) is 12.5 Å². The van der Waals surface area contributed by atoms with E-state index in [2.05, 4.69) is 18.3 Å². The van der Waals surface area contributed by atoms with E-state index in [0.29, 0.717) is 5.92 Å². The Labute approximate surface area is 80.4 Å². The van der Waals surface area contributed by atoms with Gasteiger partial charge in [-0.05, 0) is 18.9 Å². The minimum absolute atomic E-state index is 0.129. The van der Waals surface area contributed by atoms with Crippen LogP contribution in [0.15, 0.2) is 12.2 Å². The van der Waals surface area contributed by atoms with Gasteiger partial charge in [0, 0.05) is 18.9 Å². The maximum atomic E-state index is 7.03. The molecule has 2 nitrogen and oxygen atoms in total. The molecule has 0 aromatic rings. The highest BCUT2D eigenvalue weighted by atomic mass is 16.5. The van der Waals surface area contributed by atoms with Gasteiger partial charge >= 0.3 is 0 Å². The van der Waals surface area contributed by atoms with E-state index in [1.165, 1.54) is 0 Å². The van der Waals surface area contributed by atoms with Gasteiger partial charge in [0.15, 0.2) is 0 Å². The molecule has 0 N–H and O–H groups in total. The Morgan fingerprint density at radius 1 is 1.69 bits per heavy atom. The van der Waals surface area contributed by atoms with E-state index in [4.69, 9.17) is 11.3 Å². The molecule has 1 aliphatic carbocycles. The lowest BCUT2D eigenvalue weighted by Crippen LogP contribution is -2.31. The van der Waals surface area contributed by atoms with Crippen LogP contribution in [0.25, 0.3) is 4.85 Å². The quantitative estimate of drug-likeness (QED) is 0.469. The van der Waals surface area contributed by atoms with E-state index in [0.717, 1.165) is 25.0 Å². The molecule has 13 heavy (non-hydrogen) atoms. The zero-order valence-electron chi connectivity index (χ0n) is 8.42. The van der Waals surface area contributed by atoms with Crippen molar-refractivity contribution in [2.75, 3.05) is 6.61 Å². The van der Waals surface area contributed by atoms with Gasteiger partial charge in [0.2, 0.25) is 6.04 Å². The molecule has 0 amide bonds. The minimum atomic E-state index is 0.129. The molecular formula is C11H17NO. The lowest BCUT2D eigenvalue weighted by molar-refractivity contribution is 0.0563. The molecule has 3 atom stereocenters. The van der Waals surface area contributed by atoms with Gasteiger partial charge in [-0.3, -0.25) is 0 Å². The Bertz CT molecular complexity index is 229. The van der Waals surface area contributed by atoms with E-state index < -0.39 is 0 Å². The highest BCUT2D eigenvalue weighted by Crippen LogP contribution is 2.31. The Hall–Kier alpha value is -0.810. The third-order valence-electron chi connectivity index (χ3n) is 2.70. The molecule has 0 spiro atoms. The number of rotatable bonds is 2. The van der Waals surface area contributed by atoms with Gasteiger partial charge in [-0.1, -0.05) is 13.5 Å². The summed E-state index contributed by atoms with van der Waals surface area (Å²) >= 11 is 0. The predicted octanol–water partition coefficient (Wildman–Crippen LogP) is 2.67. The molecule has 72 valence electrons. The van der Waals surface area contributed by atoms with Crippen LogP contribution in [-0.2, 0) is 4.74 Å². The SMILES string of the molecule is [C-]#[N+]C1CC(=C)C(OCC)CC1C. The summed E-state index contributed by atoms with van der Waals surface area (Å²) < 4.78 is 5.56. The first kappa shape index (κ1) is 10.3. The molecule has 2 heteroatoms. The van der Waals surface area contributed by atoms with Crippen LogP contribution < -0.4 is 0 Å². The summed E-state index contributed by atoms with van der Waals surface area (Å²) in [7, 11) is 0. The average molecular weight is 179 g/mol. The topological polar surface area (TPSA) is 13.6 Å². The van der Waals surface area contributed by atoms with Crippen molar-refractivity contribution in [2.24, 2.45) is 5.92 Å². The number of nitrogens with zero attached hydrogens (tertiary/aromatic N) is 1. The molecule has 0 aliphatic heterocycles. The molecule has 0 heterocycles. The molecular weight excluding hydrogens is 162 g/mol. The Balaban J connectivity index is 2.57. The average Bonchev–Trinajstić information content (AvgIpc) is 2.11. The lowest BCUT2D eigenvalue weighted by Gasteiger charge is -2.29. The minimum Gasteiger partial charge on any atom is -0.374 e. The Morgan fingerprint density at radius 2 is 2.38 bits per heavy atom. The van der Waals surface area contributed by atoms with Gasteiger partial charge in [-0.2, -0.15) is 0 Å². The van der Waals surface area contributed by atoms with Crippen LogP contribution >= 0.6 is 0 Å². The second-order valence-corrected chi connectivity index (χ2v) is 3.72. The molecule has 0 bridgehead atoms. The van der Waals surface area contributed by atoms with E-state index in [9.17, 15) is 0 Å². The third kappa shape index (κ3) is 2.32. The largest absolute Gasteiger partial charge is 0.374 e. The van der Waals surface area contributed by atoms with Crippen LogP contribution in [-0.4, -0.2) is 18.8 Å². The number of ether oxygens (including phenoxy) is 1. The summed E-state index contributed by atoms with van der Waals surface area (Å²) in [6.07, 6.45) is 1.97. The second-order valence-electron chi connectivity index (χ2n) is 3.72. The fourth-order valence-corrected chi connectivity index (χ4v) is 1.82. The predicted molar refractivity (Wildman–Crippen MR) is 53.3 cm³/mol. The zero-order valence-corrected chi connectivity index (χ0v) is 8.42. The van der Waals surface area contributed by atoms with Crippen LogP contribution in [0.1, 0.15) is 26.7 Å². The van der Waals surface area contributed by atoms with E-state index in [1.807, 2.05) is 6.92 Å². The summed E-state index contributed by atoms with van der Waals surface area (Å²) in [6, 6.07) is 0.129. The molecule has 1 rings (SSSR count). The maximum Gasteiger partial charge on any atom is 0.230 e. The van der Waals surface area contributed by atoms with E-state index >= 15 is 0 Å². The smallest absolute Gasteiger partial charge is 0.230 e. The first-order valence-electron chi connectivity index (χ1n) is 4.84. The number of hydrogen-bond donors (Lipinski definition) is 0. The zero-order chi connectivity index (χ0) is 9.84. The van der Waals surface area contributed by atoms with Gasteiger partial charge in [0.05, 0.1) is 6.10 Å². The molecule has 1 fully saturated rings. The van der Waals surface area contributed by atoms with Crippen molar-refractivity contribution in [1.82, 2.24) is 0 Å². The maximum absolute atomic E-state index is 7.03. The van der Waals surface area contributed by atoms with Crippen LogP contribution in [0.4, 0.5) is 0 Å².